The highest BCUT2D eigenvalue weighted by Crippen LogP contribution is 2.26. The Morgan fingerprint density at radius 3 is 3.07 bits per heavy atom. The first-order chi connectivity index (χ1) is 6.75. The molecule has 0 unspecified atom stereocenters. The second kappa shape index (κ2) is 4.21. The SMILES string of the molecule is O=C(O)CSC1=N[C@@H]2CCCC[C@@H]2N1. The monoisotopic (exact) mass is 214 g/mol. The van der Waals surface area contributed by atoms with Crippen molar-refractivity contribution < 1.29 is 9.90 Å². The van der Waals surface area contributed by atoms with E-state index in [0.717, 1.165) is 11.6 Å². The van der Waals surface area contributed by atoms with Crippen LogP contribution in [0.5, 0.6) is 0 Å². The number of fused-ring (bicyclic) bond motifs is 1. The second-order valence-corrected chi connectivity index (χ2v) is 4.68. The molecule has 1 aliphatic heterocycles. The Labute approximate surface area is 87.2 Å². The number of rotatable bonds is 2. The van der Waals surface area contributed by atoms with Crippen molar-refractivity contribution >= 4 is 22.9 Å². The van der Waals surface area contributed by atoms with Crippen molar-refractivity contribution in [2.75, 3.05) is 5.75 Å². The Hall–Kier alpha value is -0.710. The van der Waals surface area contributed by atoms with E-state index in [1.165, 1.54) is 31.0 Å². The lowest BCUT2D eigenvalue weighted by Gasteiger charge is -2.22. The van der Waals surface area contributed by atoms with Crippen LogP contribution in [-0.4, -0.2) is 34.1 Å². The Morgan fingerprint density at radius 1 is 1.57 bits per heavy atom. The van der Waals surface area contributed by atoms with Gasteiger partial charge >= 0.3 is 5.97 Å². The highest BCUT2D eigenvalue weighted by molar-refractivity contribution is 8.14. The third kappa shape index (κ3) is 2.20. The van der Waals surface area contributed by atoms with Crippen molar-refractivity contribution in [3.63, 3.8) is 0 Å². The van der Waals surface area contributed by atoms with Crippen molar-refractivity contribution in [1.29, 1.82) is 0 Å². The van der Waals surface area contributed by atoms with E-state index < -0.39 is 5.97 Å². The smallest absolute Gasteiger partial charge is 0.313 e. The van der Waals surface area contributed by atoms with Gasteiger partial charge in [0.2, 0.25) is 0 Å². The standard InChI is InChI=1S/C9H14N2O2S/c12-8(13)5-14-9-10-6-3-1-2-4-7(6)11-9/h6-7H,1-5H2,(H,10,11)(H,12,13)/t6-,7+. The fourth-order valence-corrected chi connectivity index (χ4v) is 2.69. The fraction of sp³-hybridized carbons (Fsp3) is 0.778. The minimum Gasteiger partial charge on any atom is -0.481 e. The van der Waals surface area contributed by atoms with Gasteiger partial charge < -0.3 is 10.4 Å². The molecule has 1 saturated carbocycles. The number of aliphatic carboxylic acids is 1. The second-order valence-electron chi connectivity index (χ2n) is 3.72. The number of carboxylic acid groups (broad SMARTS) is 1. The number of carbonyl (C=O) groups is 1. The Balaban J connectivity index is 1.86. The zero-order valence-corrected chi connectivity index (χ0v) is 8.72. The lowest BCUT2D eigenvalue weighted by atomic mass is 9.92. The topological polar surface area (TPSA) is 61.7 Å². The van der Waals surface area contributed by atoms with Gasteiger partial charge in [0.15, 0.2) is 5.17 Å². The molecule has 0 saturated heterocycles. The van der Waals surface area contributed by atoms with Crippen molar-refractivity contribution in [3.8, 4) is 0 Å². The fourth-order valence-electron chi connectivity index (χ4n) is 1.99. The summed E-state index contributed by atoms with van der Waals surface area (Å²) >= 11 is 1.30. The van der Waals surface area contributed by atoms with E-state index in [1.54, 1.807) is 0 Å². The van der Waals surface area contributed by atoms with Crippen molar-refractivity contribution in [2.45, 2.75) is 37.8 Å². The van der Waals surface area contributed by atoms with Gasteiger partial charge in [-0.25, -0.2) is 0 Å². The van der Waals surface area contributed by atoms with Crippen LogP contribution in [0.4, 0.5) is 0 Å². The quantitative estimate of drug-likeness (QED) is 0.722. The lowest BCUT2D eigenvalue weighted by Crippen LogP contribution is -2.36. The molecular formula is C9H14N2O2S. The first-order valence-corrected chi connectivity index (χ1v) is 5.93. The first-order valence-electron chi connectivity index (χ1n) is 4.94. The highest BCUT2D eigenvalue weighted by Gasteiger charge is 2.30. The lowest BCUT2D eigenvalue weighted by molar-refractivity contribution is -0.133. The number of amidine groups is 1. The molecular weight excluding hydrogens is 200 g/mol. The van der Waals surface area contributed by atoms with E-state index in [1.807, 2.05) is 0 Å². The van der Waals surface area contributed by atoms with Crippen LogP contribution in [0, 0.1) is 0 Å². The summed E-state index contributed by atoms with van der Waals surface area (Å²) in [6.07, 6.45) is 4.84. The molecule has 2 rings (SSSR count). The van der Waals surface area contributed by atoms with Crippen LogP contribution in [0.2, 0.25) is 0 Å². The maximum atomic E-state index is 10.4. The molecule has 1 heterocycles. The van der Waals surface area contributed by atoms with E-state index in [4.69, 9.17) is 5.11 Å². The van der Waals surface area contributed by atoms with Crippen LogP contribution in [0.25, 0.3) is 0 Å². The summed E-state index contributed by atoms with van der Waals surface area (Å²) in [6, 6.07) is 0.875. The van der Waals surface area contributed by atoms with Gasteiger partial charge in [-0.3, -0.25) is 9.79 Å². The van der Waals surface area contributed by atoms with Crippen LogP contribution >= 0.6 is 11.8 Å². The highest BCUT2D eigenvalue weighted by atomic mass is 32.2. The minimum absolute atomic E-state index is 0.102. The van der Waals surface area contributed by atoms with Crippen LogP contribution < -0.4 is 5.32 Å². The summed E-state index contributed by atoms with van der Waals surface area (Å²) in [5, 5.41) is 12.7. The minimum atomic E-state index is -0.783. The normalized spacial score (nSPS) is 30.4. The summed E-state index contributed by atoms with van der Waals surface area (Å²) in [6.45, 7) is 0. The average Bonchev–Trinajstić information content (AvgIpc) is 2.57. The molecule has 0 amide bonds. The van der Waals surface area contributed by atoms with E-state index in [-0.39, 0.29) is 5.75 Å². The molecule has 1 aliphatic carbocycles. The van der Waals surface area contributed by atoms with Gasteiger partial charge in [0.25, 0.3) is 0 Å². The number of hydrogen-bond acceptors (Lipinski definition) is 4. The maximum absolute atomic E-state index is 10.4. The molecule has 0 aromatic rings. The van der Waals surface area contributed by atoms with Crippen LogP contribution in [0.3, 0.4) is 0 Å². The van der Waals surface area contributed by atoms with E-state index in [9.17, 15) is 4.79 Å². The predicted molar refractivity (Wildman–Crippen MR) is 56.7 cm³/mol. The zero-order chi connectivity index (χ0) is 9.97. The third-order valence-electron chi connectivity index (χ3n) is 2.65. The molecule has 2 atom stereocenters. The summed E-state index contributed by atoms with van der Waals surface area (Å²) in [7, 11) is 0. The van der Waals surface area contributed by atoms with Crippen LogP contribution in [-0.2, 0) is 4.79 Å². The van der Waals surface area contributed by atoms with Gasteiger partial charge in [-0.1, -0.05) is 24.6 Å². The van der Waals surface area contributed by atoms with Crippen molar-refractivity contribution in [2.24, 2.45) is 4.99 Å². The maximum Gasteiger partial charge on any atom is 0.313 e. The molecule has 2 aliphatic rings. The van der Waals surface area contributed by atoms with Crippen LogP contribution in [0.15, 0.2) is 4.99 Å². The number of carboxylic acids is 1. The van der Waals surface area contributed by atoms with Gasteiger partial charge in [-0.2, -0.15) is 0 Å². The summed E-state index contributed by atoms with van der Waals surface area (Å²) in [4.78, 5) is 14.9. The first kappa shape index (κ1) is 9.83. The number of nitrogens with one attached hydrogen (secondary N) is 1. The van der Waals surface area contributed by atoms with Crippen LogP contribution in [0.1, 0.15) is 25.7 Å². The Kier molecular flexibility index (Phi) is 2.96. The molecule has 0 radical (unpaired) electrons. The summed E-state index contributed by atoms with van der Waals surface area (Å²) in [5.41, 5.74) is 0. The van der Waals surface area contributed by atoms with E-state index in [2.05, 4.69) is 10.3 Å². The van der Waals surface area contributed by atoms with Crippen molar-refractivity contribution in [1.82, 2.24) is 5.32 Å². The molecule has 0 aromatic heterocycles. The molecule has 0 spiro atoms. The van der Waals surface area contributed by atoms with Gasteiger partial charge in [0.1, 0.15) is 0 Å². The molecule has 2 N–H and O–H groups in total. The van der Waals surface area contributed by atoms with E-state index in [0.29, 0.717) is 12.1 Å². The zero-order valence-electron chi connectivity index (χ0n) is 7.90. The molecule has 4 nitrogen and oxygen atoms in total. The molecule has 1 fully saturated rings. The molecule has 78 valence electrons. The number of nitrogens with zero attached hydrogens (tertiary/aromatic N) is 1. The van der Waals surface area contributed by atoms with Gasteiger partial charge in [0.05, 0.1) is 17.8 Å². The number of thioether (sulfide) groups is 1. The molecule has 0 bridgehead atoms. The summed E-state index contributed by atoms with van der Waals surface area (Å²) < 4.78 is 0. The van der Waals surface area contributed by atoms with Gasteiger partial charge in [-0.15, -0.1) is 0 Å². The molecule has 0 aromatic carbocycles. The van der Waals surface area contributed by atoms with Gasteiger partial charge in [0, 0.05) is 0 Å². The predicted octanol–water partition coefficient (Wildman–Crippen LogP) is 1.07. The Bertz CT molecular complexity index is 268. The largest absolute Gasteiger partial charge is 0.481 e. The third-order valence-corrected chi connectivity index (χ3v) is 3.54. The van der Waals surface area contributed by atoms with Crippen molar-refractivity contribution in [3.05, 3.63) is 0 Å². The number of hydrogen-bond donors (Lipinski definition) is 2. The number of aliphatic imine (C=N–C) groups is 1. The summed E-state index contributed by atoms with van der Waals surface area (Å²) in [5.74, 6) is -0.681. The van der Waals surface area contributed by atoms with E-state index >= 15 is 0 Å². The van der Waals surface area contributed by atoms with Gasteiger partial charge in [-0.05, 0) is 12.8 Å². The average molecular weight is 214 g/mol. The Morgan fingerprint density at radius 2 is 2.36 bits per heavy atom. The molecule has 5 heteroatoms. The molecule has 14 heavy (non-hydrogen) atoms.